The number of hydrogen-bond acceptors (Lipinski definition) is 4. The molecule has 0 spiro atoms. The summed E-state index contributed by atoms with van der Waals surface area (Å²) >= 11 is 0. The lowest BCUT2D eigenvalue weighted by Crippen LogP contribution is -2.24. The van der Waals surface area contributed by atoms with Crippen molar-refractivity contribution in [2.45, 2.75) is 12.3 Å². The van der Waals surface area contributed by atoms with Crippen LogP contribution in [0.4, 0.5) is 0 Å². The van der Waals surface area contributed by atoms with E-state index in [4.69, 9.17) is 14.2 Å². The van der Waals surface area contributed by atoms with Crippen LogP contribution in [0.2, 0.25) is 0 Å². The molecule has 120 valence electrons. The molecule has 4 nitrogen and oxygen atoms in total. The molecule has 2 aromatic carbocycles. The van der Waals surface area contributed by atoms with Gasteiger partial charge in [0.05, 0.1) is 7.11 Å². The van der Waals surface area contributed by atoms with Gasteiger partial charge in [-0.2, -0.15) is 0 Å². The standard InChI is InChI=1S/C19H21NO3/c1-20-7-6-14-9-18-19(23-12-22-18)10-16(14)17(11-20)13-4-3-5-15(8-13)21-2/h3-5,8-10,17H,6-7,11-12H2,1-2H3. The second kappa shape index (κ2) is 5.78. The summed E-state index contributed by atoms with van der Waals surface area (Å²) in [5.41, 5.74) is 3.97. The molecular formula is C19H21NO3. The summed E-state index contributed by atoms with van der Waals surface area (Å²) in [6.07, 6.45) is 1.03. The lowest BCUT2D eigenvalue weighted by molar-refractivity contribution is 0.174. The Hall–Kier alpha value is -2.20. The van der Waals surface area contributed by atoms with Crippen molar-refractivity contribution in [1.82, 2.24) is 4.90 Å². The Labute approximate surface area is 136 Å². The highest BCUT2D eigenvalue weighted by atomic mass is 16.7. The fourth-order valence-electron chi connectivity index (χ4n) is 3.50. The van der Waals surface area contributed by atoms with Gasteiger partial charge in [0.25, 0.3) is 0 Å². The molecule has 2 aliphatic rings. The van der Waals surface area contributed by atoms with Gasteiger partial charge >= 0.3 is 0 Å². The highest BCUT2D eigenvalue weighted by molar-refractivity contribution is 5.52. The molecule has 0 N–H and O–H groups in total. The zero-order chi connectivity index (χ0) is 15.8. The molecule has 0 saturated heterocycles. The predicted molar refractivity (Wildman–Crippen MR) is 88.6 cm³/mol. The number of ether oxygens (including phenoxy) is 3. The van der Waals surface area contributed by atoms with E-state index in [9.17, 15) is 0 Å². The average molecular weight is 311 g/mol. The molecule has 1 unspecified atom stereocenters. The Morgan fingerprint density at radius 2 is 1.96 bits per heavy atom. The fraction of sp³-hybridized carbons (Fsp3) is 0.368. The van der Waals surface area contributed by atoms with Crippen molar-refractivity contribution < 1.29 is 14.2 Å². The summed E-state index contributed by atoms with van der Waals surface area (Å²) in [6.45, 7) is 2.36. The Balaban J connectivity index is 1.82. The smallest absolute Gasteiger partial charge is 0.231 e. The van der Waals surface area contributed by atoms with Crippen LogP contribution < -0.4 is 14.2 Å². The molecule has 2 aromatic rings. The first-order valence-corrected chi connectivity index (χ1v) is 7.99. The molecule has 4 heteroatoms. The van der Waals surface area contributed by atoms with Crippen LogP contribution in [-0.4, -0.2) is 38.9 Å². The van der Waals surface area contributed by atoms with Crippen molar-refractivity contribution in [3.8, 4) is 17.2 Å². The van der Waals surface area contributed by atoms with Gasteiger partial charge in [-0.05, 0) is 54.4 Å². The van der Waals surface area contributed by atoms with Gasteiger partial charge in [0.2, 0.25) is 6.79 Å². The van der Waals surface area contributed by atoms with E-state index >= 15 is 0 Å². The third-order valence-electron chi connectivity index (χ3n) is 4.76. The first kappa shape index (κ1) is 14.4. The van der Waals surface area contributed by atoms with Crippen LogP contribution >= 0.6 is 0 Å². The maximum absolute atomic E-state index is 5.60. The van der Waals surface area contributed by atoms with E-state index < -0.39 is 0 Å². The van der Waals surface area contributed by atoms with Gasteiger partial charge in [-0.1, -0.05) is 12.1 Å². The largest absolute Gasteiger partial charge is 0.497 e. The van der Waals surface area contributed by atoms with E-state index in [0.717, 1.165) is 36.8 Å². The molecule has 1 atom stereocenters. The summed E-state index contributed by atoms with van der Waals surface area (Å²) in [5.74, 6) is 2.94. The summed E-state index contributed by atoms with van der Waals surface area (Å²) in [6, 6.07) is 12.7. The number of nitrogens with zero attached hydrogens (tertiary/aromatic N) is 1. The van der Waals surface area contributed by atoms with Gasteiger partial charge < -0.3 is 19.1 Å². The number of rotatable bonds is 2. The number of likely N-dealkylation sites (N-methyl/N-ethyl adjacent to an activating group) is 1. The summed E-state index contributed by atoms with van der Waals surface area (Å²) in [7, 11) is 3.89. The van der Waals surface area contributed by atoms with Gasteiger partial charge in [0.1, 0.15) is 5.75 Å². The maximum atomic E-state index is 5.60. The quantitative estimate of drug-likeness (QED) is 0.853. The van der Waals surface area contributed by atoms with Gasteiger partial charge in [-0.3, -0.25) is 0 Å². The first-order valence-electron chi connectivity index (χ1n) is 7.99. The topological polar surface area (TPSA) is 30.9 Å². The molecule has 23 heavy (non-hydrogen) atoms. The van der Waals surface area contributed by atoms with Crippen molar-refractivity contribution in [3.63, 3.8) is 0 Å². The lowest BCUT2D eigenvalue weighted by atomic mass is 9.87. The molecule has 2 heterocycles. The molecule has 0 amide bonds. The van der Waals surface area contributed by atoms with E-state index in [2.05, 4.69) is 42.3 Å². The third-order valence-corrected chi connectivity index (χ3v) is 4.76. The fourth-order valence-corrected chi connectivity index (χ4v) is 3.50. The molecule has 0 bridgehead atoms. The van der Waals surface area contributed by atoms with Crippen LogP contribution in [0.1, 0.15) is 22.6 Å². The van der Waals surface area contributed by atoms with Crippen LogP contribution in [0, 0.1) is 0 Å². The van der Waals surface area contributed by atoms with Crippen LogP contribution in [-0.2, 0) is 6.42 Å². The van der Waals surface area contributed by atoms with E-state index in [1.165, 1.54) is 16.7 Å². The minimum absolute atomic E-state index is 0.307. The van der Waals surface area contributed by atoms with Crippen LogP contribution in [0.25, 0.3) is 0 Å². The minimum Gasteiger partial charge on any atom is -0.497 e. The third kappa shape index (κ3) is 2.63. The normalized spacial score (nSPS) is 20.0. The molecule has 0 saturated carbocycles. The zero-order valence-corrected chi connectivity index (χ0v) is 13.5. The Bertz CT molecular complexity index is 729. The van der Waals surface area contributed by atoms with E-state index in [1.54, 1.807) is 7.11 Å². The monoisotopic (exact) mass is 311 g/mol. The molecular weight excluding hydrogens is 290 g/mol. The first-order chi connectivity index (χ1) is 11.2. The molecule has 0 aromatic heterocycles. The van der Waals surface area contributed by atoms with Gasteiger partial charge in [0, 0.05) is 19.0 Å². The number of benzene rings is 2. The van der Waals surface area contributed by atoms with Crippen LogP contribution in [0.15, 0.2) is 36.4 Å². The molecule has 0 aliphatic carbocycles. The van der Waals surface area contributed by atoms with E-state index in [-0.39, 0.29) is 0 Å². The SMILES string of the molecule is COc1cccc(C2CN(C)CCc3cc4c(cc32)OCO4)c1. The lowest BCUT2D eigenvalue weighted by Gasteiger charge is -2.22. The van der Waals surface area contributed by atoms with Crippen molar-refractivity contribution in [3.05, 3.63) is 53.1 Å². The summed E-state index contributed by atoms with van der Waals surface area (Å²) in [5, 5.41) is 0. The Morgan fingerprint density at radius 1 is 1.13 bits per heavy atom. The Morgan fingerprint density at radius 3 is 2.78 bits per heavy atom. The van der Waals surface area contributed by atoms with E-state index in [0.29, 0.717) is 12.7 Å². The average Bonchev–Trinajstić information content (AvgIpc) is 2.97. The van der Waals surface area contributed by atoms with Gasteiger partial charge in [-0.25, -0.2) is 0 Å². The van der Waals surface area contributed by atoms with Crippen molar-refractivity contribution in [1.29, 1.82) is 0 Å². The number of fused-ring (bicyclic) bond motifs is 2. The maximum Gasteiger partial charge on any atom is 0.231 e. The van der Waals surface area contributed by atoms with Crippen molar-refractivity contribution >= 4 is 0 Å². The van der Waals surface area contributed by atoms with Gasteiger partial charge in [-0.15, -0.1) is 0 Å². The summed E-state index contributed by atoms with van der Waals surface area (Å²) in [4.78, 5) is 2.39. The molecule has 0 fully saturated rings. The van der Waals surface area contributed by atoms with E-state index in [1.807, 2.05) is 6.07 Å². The zero-order valence-electron chi connectivity index (χ0n) is 13.5. The van der Waals surface area contributed by atoms with Crippen LogP contribution in [0.5, 0.6) is 17.2 Å². The second-order valence-electron chi connectivity index (χ2n) is 6.25. The van der Waals surface area contributed by atoms with Crippen LogP contribution in [0.3, 0.4) is 0 Å². The molecule has 2 aliphatic heterocycles. The molecule has 0 radical (unpaired) electrons. The summed E-state index contributed by atoms with van der Waals surface area (Å²) < 4.78 is 16.6. The molecule has 4 rings (SSSR count). The van der Waals surface area contributed by atoms with Crippen molar-refractivity contribution in [2.75, 3.05) is 34.0 Å². The minimum atomic E-state index is 0.307. The Kier molecular flexibility index (Phi) is 3.62. The van der Waals surface area contributed by atoms with Gasteiger partial charge in [0.15, 0.2) is 11.5 Å². The second-order valence-corrected chi connectivity index (χ2v) is 6.25. The van der Waals surface area contributed by atoms with Crippen molar-refractivity contribution in [2.24, 2.45) is 0 Å². The number of methoxy groups -OCH3 is 1. The number of hydrogen-bond donors (Lipinski definition) is 0. The highest BCUT2D eigenvalue weighted by Gasteiger charge is 2.27. The highest BCUT2D eigenvalue weighted by Crippen LogP contribution is 2.41. The predicted octanol–water partition coefficient (Wildman–Crippen LogP) is 3.04.